The fraction of sp³-hybridized carbons (Fsp3) is 0.600. The van der Waals surface area contributed by atoms with Crippen molar-refractivity contribution in [3.8, 4) is 11.5 Å². The number of nitrogens with zero attached hydrogens (tertiary/aromatic N) is 1. The Kier molecular flexibility index (Phi) is 8.23. The van der Waals surface area contributed by atoms with Crippen LogP contribution in [0.4, 0.5) is 0 Å². The fourth-order valence-electron chi connectivity index (χ4n) is 3.13. The van der Waals surface area contributed by atoms with Crippen molar-refractivity contribution in [2.75, 3.05) is 19.8 Å². The number of carbonyl (C=O) groups is 2. The van der Waals surface area contributed by atoms with Crippen LogP contribution in [0, 0.1) is 5.92 Å². The van der Waals surface area contributed by atoms with Gasteiger partial charge in [-0.15, -0.1) is 0 Å². The molecule has 1 saturated heterocycles. The van der Waals surface area contributed by atoms with Gasteiger partial charge in [0.05, 0.1) is 24.2 Å². The van der Waals surface area contributed by atoms with E-state index in [1.165, 1.54) is 6.42 Å². The van der Waals surface area contributed by atoms with E-state index in [0.29, 0.717) is 36.3 Å². The number of likely N-dealkylation sites (tertiary alicyclic amines) is 1. The molecule has 7 heteroatoms. The van der Waals surface area contributed by atoms with Crippen molar-refractivity contribution in [1.82, 2.24) is 4.90 Å². The first kappa shape index (κ1) is 21.4. The molecule has 1 N–H and O–H groups in total. The van der Waals surface area contributed by atoms with Crippen LogP contribution in [-0.2, 0) is 16.1 Å². The van der Waals surface area contributed by atoms with E-state index in [2.05, 4.69) is 6.92 Å². The maximum atomic E-state index is 12.1. The molecule has 6 nitrogen and oxygen atoms in total. The van der Waals surface area contributed by atoms with Crippen LogP contribution in [0.3, 0.4) is 0 Å². The van der Waals surface area contributed by atoms with Crippen LogP contribution in [0.25, 0.3) is 0 Å². The zero-order valence-corrected chi connectivity index (χ0v) is 16.8. The van der Waals surface area contributed by atoms with Crippen LogP contribution in [-0.4, -0.2) is 41.6 Å². The van der Waals surface area contributed by atoms with Gasteiger partial charge >= 0.3 is 5.97 Å². The van der Waals surface area contributed by atoms with Crippen molar-refractivity contribution in [3.63, 3.8) is 0 Å². The molecule has 27 heavy (non-hydrogen) atoms. The minimum absolute atomic E-state index is 0.0420. The molecule has 1 unspecified atom stereocenters. The molecule has 1 aliphatic rings. The monoisotopic (exact) mass is 397 g/mol. The summed E-state index contributed by atoms with van der Waals surface area (Å²) in [5, 5.41) is 9.55. The van der Waals surface area contributed by atoms with Crippen molar-refractivity contribution < 1.29 is 24.2 Å². The highest BCUT2D eigenvalue weighted by molar-refractivity contribution is 6.32. The molecule has 1 aromatic carbocycles. The first-order valence-electron chi connectivity index (χ1n) is 9.54. The SMILES string of the molecule is CCCCCCOc1c(Cl)cc(CN2CC(C(=O)O)CC2=O)cc1OCC. The van der Waals surface area contributed by atoms with Crippen molar-refractivity contribution in [3.05, 3.63) is 22.7 Å². The van der Waals surface area contributed by atoms with E-state index >= 15 is 0 Å². The number of unbranched alkanes of at least 4 members (excludes halogenated alkanes) is 3. The highest BCUT2D eigenvalue weighted by Crippen LogP contribution is 2.37. The van der Waals surface area contributed by atoms with E-state index in [9.17, 15) is 9.59 Å². The van der Waals surface area contributed by atoms with Gasteiger partial charge in [-0.2, -0.15) is 0 Å². The molecule has 0 aromatic heterocycles. The third-order valence-corrected chi connectivity index (χ3v) is 4.83. The summed E-state index contributed by atoms with van der Waals surface area (Å²) in [6.07, 6.45) is 4.45. The largest absolute Gasteiger partial charge is 0.490 e. The van der Waals surface area contributed by atoms with Gasteiger partial charge in [0.2, 0.25) is 5.91 Å². The third-order valence-electron chi connectivity index (χ3n) is 4.55. The van der Waals surface area contributed by atoms with E-state index < -0.39 is 11.9 Å². The summed E-state index contributed by atoms with van der Waals surface area (Å²) in [6.45, 7) is 5.60. The molecule has 1 heterocycles. The Morgan fingerprint density at radius 1 is 1.26 bits per heavy atom. The van der Waals surface area contributed by atoms with Crippen LogP contribution in [0.1, 0.15) is 51.5 Å². The number of hydrogen-bond donors (Lipinski definition) is 1. The fourth-order valence-corrected chi connectivity index (χ4v) is 3.42. The number of rotatable bonds is 11. The predicted octanol–water partition coefficient (Wildman–Crippen LogP) is 4.13. The molecule has 1 aliphatic heterocycles. The molecule has 1 aromatic rings. The van der Waals surface area contributed by atoms with E-state index in [0.717, 1.165) is 24.8 Å². The first-order chi connectivity index (χ1) is 13.0. The Bertz CT molecular complexity index is 664. The number of halogens is 1. The normalized spacial score (nSPS) is 16.6. The standard InChI is InChI=1S/C20H28ClNO5/c1-3-5-6-7-8-27-19-16(21)9-14(10-17(19)26-4-2)12-22-13-15(20(24)25)11-18(22)23/h9-10,15H,3-8,11-13H2,1-2H3,(H,24,25). The maximum absolute atomic E-state index is 12.1. The zero-order valence-electron chi connectivity index (χ0n) is 16.0. The second-order valence-corrected chi connectivity index (χ2v) is 7.17. The number of carboxylic acid groups (broad SMARTS) is 1. The van der Waals surface area contributed by atoms with Crippen molar-refractivity contribution in [2.45, 2.75) is 52.5 Å². The number of ether oxygens (including phenoxy) is 2. The number of amides is 1. The zero-order chi connectivity index (χ0) is 19.8. The van der Waals surface area contributed by atoms with Crippen LogP contribution in [0.2, 0.25) is 5.02 Å². The molecular weight excluding hydrogens is 370 g/mol. The van der Waals surface area contributed by atoms with Gasteiger partial charge in [-0.1, -0.05) is 37.8 Å². The minimum Gasteiger partial charge on any atom is -0.490 e. The third kappa shape index (κ3) is 6.03. The Morgan fingerprint density at radius 3 is 2.67 bits per heavy atom. The Hall–Kier alpha value is -1.95. The average molecular weight is 398 g/mol. The van der Waals surface area contributed by atoms with Gasteiger partial charge in [0.25, 0.3) is 0 Å². The molecular formula is C20H28ClNO5. The van der Waals surface area contributed by atoms with Gasteiger partial charge in [-0.25, -0.2) is 0 Å². The summed E-state index contributed by atoms with van der Waals surface area (Å²) >= 11 is 6.41. The number of aliphatic carboxylic acids is 1. The second kappa shape index (κ2) is 10.4. The van der Waals surface area contributed by atoms with Gasteiger partial charge < -0.3 is 19.5 Å². The predicted molar refractivity (Wildman–Crippen MR) is 103 cm³/mol. The van der Waals surface area contributed by atoms with Crippen LogP contribution >= 0.6 is 11.6 Å². The summed E-state index contributed by atoms with van der Waals surface area (Å²) in [5.74, 6) is -0.671. The number of hydrogen-bond acceptors (Lipinski definition) is 4. The lowest BCUT2D eigenvalue weighted by Gasteiger charge is -2.19. The Balaban J connectivity index is 2.07. The van der Waals surface area contributed by atoms with E-state index in [4.69, 9.17) is 26.2 Å². The van der Waals surface area contributed by atoms with Gasteiger partial charge in [-0.05, 0) is 31.0 Å². The number of carbonyl (C=O) groups excluding carboxylic acids is 1. The Labute approximate surface area is 165 Å². The average Bonchev–Trinajstić information content (AvgIpc) is 2.98. The Morgan fingerprint density at radius 2 is 2.04 bits per heavy atom. The van der Waals surface area contributed by atoms with Crippen LogP contribution in [0.15, 0.2) is 12.1 Å². The lowest BCUT2D eigenvalue weighted by molar-refractivity contribution is -0.141. The van der Waals surface area contributed by atoms with E-state index in [1.807, 2.05) is 13.0 Å². The van der Waals surface area contributed by atoms with Gasteiger partial charge in [0, 0.05) is 19.5 Å². The van der Waals surface area contributed by atoms with Gasteiger partial charge in [0.15, 0.2) is 11.5 Å². The molecule has 0 radical (unpaired) electrons. The molecule has 0 saturated carbocycles. The smallest absolute Gasteiger partial charge is 0.308 e. The van der Waals surface area contributed by atoms with Gasteiger partial charge in [-0.3, -0.25) is 9.59 Å². The van der Waals surface area contributed by atoms with E-state index in [-0.39, 0.29) is 18.9 Å². The van der Waals surface area contributed by atoms with Crippen LogP contribution < -0.4 is 9.47 Å². The molecule has 150 valence electrons. The molecule has 1 atom stereocenters. The highest BCUT2D eigenvalue weighted by Gasteiger charge is 2.34. The molecule has 2 rings (SSSR count). The van der Waals surface area contributed by atoms with Crippen molar-refractivity contribution in [1.29, 1.82) is 0 Å². The topological polar surface area (TPSA) is 76.1 Å². The summed E-state index contributed by atoms with van der Waals surface area (Å²) in [6, 6.07) is 3.57. The summed E-state index contributed by atoms with van der Waals surface area (Å²) in [7, 11) is 0. The number of carboxylic acids is 1. The van der Waals surface area contributed by atoms with Crippen molar-refractivity contribution >= 4 is 23.5 Å². The lowest BCUT2D eigenvalue weighted by Crippen LogP contribution is -2.25. The summed E-state index contributed by atoms with van der Waals surface area (Å²) in [5.41, 5.74) is 0.793. The van der Waals surface area contributed by atoms with Gasteiger partial charge in [0.1, 0.15) is 0 Å². The summed E-state index contributed by atoms with van der Waals surface area (Å²) in [4.78, 5) is 24.7. The summed E-state index contributed by atoms with van der Waals surface area (Å²) < 4.78 is 11.5. The van der Waals surface area contributed by atoms with E-state index in [1.54, 1.807) is 11.0 Å². The number of benzene rings is 1. The van der Waals surface area contributed by atoms with Crippen molar-refractivity contribution in [2.24, 2.45) is 5.92 Å². The van der Waals surface area contributed by atoms with Crippen LogP contribution in [0.5, 0.6) is 11.5 Å². The maximum Gasteiger partial charge on any atom is 0.308 e. The highest BCUT2D eigenvalue weighted by atomic mass is 35.5. The minimum atomic E-state index is -0.939. The molecule has 1 fully saturated rings. The first-order valence-corrected chi connectivity index (χ1v) is 9.92. The quantitative estimate of drug-likeness (QED) is 0.568. The molecule has 0 bridgehead atoms. The lowest BCUT2D eigenvalue weighted by atomic mass is 10.1. The molecule has 0 aliphatic carbocycles. The molecule has 0 spiro atoms. The molecule has 1 amide bonds. The second-order valence-electron chi connectivity index (χ2n) is 6.76.